The van der Waals surface area contributed by atoms with E-state index in [1.54, 1.807) is 6.92 Å². The van der Waals surface area contributed by atoms with E-state index in [1.165, 1.54) is 12.1 Å². The molecule has 2 rings (SSSR count). The molecule has 5 heteroatoms. The van der Waals surface area contributed by atoms with Gasteiger partial charge in [-0.25, -0.2) is 17.6 Å². The van der Waals surface area contributed by atoms with Crippen LogP contribution in [0, 0.1) is 30.2 Å². The molecule has 1 unspecified atom stereocenters. The van der Waals surface area contributed by atoms with Crippen molar-refractivity contribution in [2.75, 3.05) is 0 Å². The predicted octanol–water partition coefficient (Wildman–Crippen LogP) is 3.60. The maximum Gasteiger partial charge on any atom is 0.134 e. The first kappa shape index (κ1) is 13.5. The van der Waals surface area contributed by atoms with Crippen molar-refractivity contribution in [2.45, 2.75) is 13.0 Å². The molecule has 0 amide bonds. The summed E-state index contributed by atoms with van der Waals surface area (Å²) in [7, 11) is 0. The van der Waals surface area contributed by atoms with Gasteiger partial charge in [-0.3, -0.25) is 0 Å². The van der Waals surface area contributed by atoms with Crippen molar-refractivity contribution in [3.8, 4) is 0 Å². The van der Waals surface area contributed by atoms with Crippen LogP contribution in [0.25, 0.3) is 0 Å². The van der Waals surface area contributed by atoms with E-state index < -0.39 is 34.9 Å². The molecule has 0 saturated heterocycles. The number of rotatable bonds is 2. The van der Waals surface area contributed by atoms with Crippen LogP contribution in [0.4, 0.5) is 17.6 Å². The first-order valence-corrected chi connectivity index (χ1v) is 5.56. The Labute approximate surface area is 107 Å². The third-order valence-corrected chi connectivity index (χ3v) is 2.93. The standard InChI is InChI=1S/C14H11F4N/c1-7-2-3-8(15)4-10(7)14(19)13-11(17)5-9(16)6-12(13)18/h2-6,14H,19H2,1H3. The highest BCUT2D eigenvalue weighted by atomic mass is 19.1. The van der Waals surface area contributed by atoms with Crippen molar-refractivity contribution >= 4 is 0 Å². The van der Waals surface area contributed by atoms with E-state index in [9.17, 15) is 17.6 Å². The Kier molecular flexibility index (Phi) is 3.57. The fourth-order valence-electron chi connectivity index (χ4n) is 1.95. The summed E-state index contributed by atoms with van der Waals surface area (Å²) in [6.45, 7) is 1.65. The van der Waals surface area contributed by atoms with Crippen molar-refractivity contribution in [1.29, 1.82) is 0 Å². The third kappa shape index (κ3) is 2.61. The lowest BCUT2D eigenvalue weighted by Crippen LogP contribution is -2.17. The number of hydrogen-bond donors (Lipinski definition) is 1. The topological polar surface area (TPSA) is 26.0 Å². The first-order chi connectivity index (χ1) is 8.90. The lowest BCUT2D eigenvalue weighted by atomic mass is 9.95. The summed E-state index contributed by atoms with van der Waals surface area (Å²) in [5.41, 5.74) is 6.14. The van der Waals surface area contributed by atoms with Gasteiger partial charge in [-0.05, 0) is 30.2 Å². The molecule has 1 nitrogen and oxygen atoms in total. The summed E-state index contributed by atoms with van der Waals surface area (Å²) < 4.78 is 53.3. The molecule has 2 aromatic carbocycles. The molecule has 0 heterocycles. The number of halogens is 4. The molecular weight excluding hydrogens is 258 g/mol. The zero-order chi connectivity index (χ0) is 14.2. The number of benzene rings is 2. The summed E-state index contributed by atoms with van der Waals surface area (Å²) in [5, 5.41) is 0. The van der Waals surface area contributed by atoms with Gasteiger partial charge in [0.15, 0.2) is 0 Å². The second-order valence-electron chi connectivity index (χ2n) is 4.26. The first-order valence-electron chi connectivity index (χ1n) is 5.56. The van der Waals surface area contributed by atoms with Gasteiger partial charge in [-0.15, -0.1) is 0 Å². The molecule has 1 atom stereocenters. The zero-order valence-electron chi connectivity index (χ0n) is 10.1. The SMILES string of the molecule is Cc1ccc(F)cc1C(N)c1c(F)cc(F)cc1F. The molecule has 2 aromatic rings. The van der Waals surface area contributed by atoms with Gasteiger partial charge in [0.2, 0.25) is 0 Å². The van der Waals surface area contributed by atoms with Gasteiger partial charge in [0, 0.05) is 17.7 Å². The molecule has 0 saturated carbocycles. The molecule has 0 spiro atoms. The molecule has 0 aliphatic carbocycles. The van der Waals surface area contributed by atoms with E-state index in [0.29, 0.717) is 17.7 Å². The number of aryl methyl sites for hydroxylation is 1. The maximum atomic E-state index is 13.6. The van der Waals surface area contributed by atoms with Gasteiger partial charge in [0.25, 0.3) is 0 Å². The predicted molar refractivity (Wildman–Crippen MR) is 63.5 cm³/mol. The van der Waals surface area contributed by atoms with Crippen molar-refractivity contribution in [1.82, 2.24) is 0 Å². The van der Waals surface area contributed by atoms with Gasteiger partial charge in [-0.2, -0.15) is 0 Å². The number of nitrogens with two attached hydrogens (primary N) is 1. The summed E-state index contributed by atoms with van der Waals surface area (Å²) in [6, 6.07) is 3.70. The lowest BCUT2D eigenvalue weighted by Gasteiger charge is -2.17. The molecular formula is C14H11F4N. The second kappa shape index (κ2) is 5.01. The largest absolute Gasteiger partial charge is 0.320 e. The highest BCUT2D eigenvalue weighted by Gasteiger charge is 2.21. The summed E-state index contributed by atoms with van der Waals surface area (Å²) in [4.78, 5) is 0. The Balaban J connectivity index is 2.56. The Morgan fingerprint density at radius 2 is 1.47 bits per heavy atom. The van der Waals surface area contributed by atoms with Crippen molar-refractivity contribution in [2.24, 2.45) is 5.73 Å². The van der Waals surface area contributed by atoms with E-state index in [0.717, 1.165) is 6.07 Å². The second-order valence-corrected chi connectivity index (χ2v) is 4.26. The van der Waals surface area contributed by atoms with Crippen LogP contribution in [0.3, 0.4) is 0 Å². The fourth-order valence-corrected chi connectivity index (χ4v) is 1.95. The molecule has 0 aliphatic rings. The molecule has 0 aromatic heterocycles. The van der Waals surface area contributed by atoms with E-state index in [1.807, 2.05) is 0 Å². The normalized spacial score (nSPS) is 12.5. The maximum absolute atomic E-state index is 13.6. The van der Waals surface area contributed by atoms with E-state index in [2.05, 4.69) is 0 Å². The highest BCUT2D eigenvalue weighted by molar-refractivity contribution is 5.38. The van der Waals surface area contributed by atoms with Gasteiger partial charge in [0.05, 0.1) is 6.04 Å². The molecule has 0 bridgehead atoms. The summed E-state index contributed by atoms with van der Waals surface area (Å²) in [5.74, 6) is -3.76. The average molecular weight is 269 g/mol. The zero-order valence-corrected chi connectivity index (χ0v) is 10.1. The van der Waals surface area contributed by atoms with Crippen molar-refractivity contribution < 1.29 is 17.6 Å². The molecule has 100 valence electrons. The molecule has 2 N–H and O–H groups in total. The minimum Gasteiger partial charge on any atom is -0.320 e. The Morgan fingerprint density at radius 3 is 2.05 bits per heavy atom. The Hall–Kier alpha value is -1.88. The van der Waals surface area contributed by atoms with Crippen LogP contribution in [0.1, 0.15) is 22.7 Å². The van der Waals surface area contributed by atoms with E-state index in [4.69, 9.17) is 5.73 Å². The van der Waals surface area contributed by atoms with Gasteiger partial charge in [0.1, 0.15) is 23.3 Å². The molecule has 19 heavy (non-hydrogen) atoms. The lowest BCUT2D eigenvalue weighted by molar-refractivity contribution is 0.514. The minimum absolute atomic E-state index is 0.254. The highest BCUT2D eigenvalue weighted by Crippen LogP contribution is 2.28. The Bertz CT molecular complexity index is 602. The van der Waals surface area contributed by atoms with E-state index in [-0.39, 0.29) is 5.56 Å². The van der Waals surface area contributed by atoms with Gasteiger partial charge < -0.3 is 5.73 Å². The van der Waals surface area contributed by atoms with E-state index >= 15 is 0 Å². The van der Waals surface area contributed by atoms with Crippen LogP contribution in [-0.4, -0.2) is 0 Å². The molecule has 0 radical (unpaired) electrons. The molecule has 0 aliphatic heterocycles. The minimum atomic E-state index is -1.20. The number of hydrogen-bond acceptors (Lipinski definition) is 1. The fraction of sp³-hybridized carbons (Fsp3) is 0.143. The molecule has 0 fully saturated rings. The summed E-state index contributed by atoms with van der Waals surface area (Å²) in [6.07, 6.45) is 0. The average Bonchev–Trinajstić information content (AvgIpc) is 2.30. The van der Waals surface area contributed by atoms with Crippen molar-refractivity contribution in [3.63, 3.8) is 0 Å². The monoisotopic (exact) mass is 269 g/mol. The van der Waals surface area contributed by atoms with Crippen LogP contribution in [0.15, 0.2) is 30.3 Å². The van der Waals surface area contributed by atoms with Crippen LogP contribution < -0.4 is 5.73 Å². The smallest absolute Gasteiger partial charge is 0.134 e. The van der Waals surface area contributed by atoms with Crippen LogP contribution in [0.2, 0.25) is 0 Å². The van der Waals surface area contributed by atoms with Crippen molar-refractivity contribution in [3.05, 3.63) is 70.3 Å². The quantitative estimate of drug-likeness (QED) is 0.828. The van der Waals surface area contributed by atoms with Gasteiger partial charge >= 0.3 is 0 Å². The van der Waals surface area contributed by atoms with Crippen LogP contribution >= 0.6 is 0 Å². The summed E-state index contributed by atoms with van der Waals surface area (Å²) >= 11 is 0. The van der Waals surface area contributed by atoms with Crippen LogP contribution in [-0.2, 0) is 0 Å². The Morgan fingerprint density at radius 1 is 0.895 bits per heavy atom. The van der Waals surface area contributed by atoms with Crippen LogP contribution in [0.5, 0.6) is 0 Å². The van der Waals surface area contributed by atoms with Gasteiger partial charge in [-0.1, -0.05) is 6.07 Å². The third-order valence-electron chi connectivity index (χ3n) is 2.93.